The summed E-state index contributed by atoms with van der Waals surface area (Å²) in [5, 5.41) is 0. The summed E-state index contributed by atoms with van der Waals surface area (Å²) in [5.41, 5.74) is 3.00. The van der Waals surface area contributed by atoms with Crippen LogP contribution < -0.4 is 0 Å². The molecule has 14 heavy (non-hydrogen) atoms. The Morgan fingerprint density at radius 1 is 1.29 bits per heavy atom. The Labute approximate surface area is 87.7 Å². The third-order valence-corrected chi connectivity index (χ3v) is 2.69. The summed E-state index contributed by atoms with van der Waals surface area (Å²) in [7, 11) is 0. The molecule has 0 bridgehead atoms. The Balaban J connectivity index is 2.82. The standard InChI is InChI=1S/C14H20/c1-4-6-9-12(3)14-11-8-7-10-13(14)5-2/h4,6-8,10-12H,5,9H2,1-3H3/b6-4+. The largest absolute Gasteiger partial charge is 0.0916 e. The van der Waals surface area contributed by atoms with E-state index in [1.165, 1.54) is 11.1 Å². The Bertz CT molecular complexity index is 297. The van der Waals surface area contributed by atoms with Crippen LogP contribution >= 0.6 is 0 Å². The molecule has 0 saturated heterocycles. The van der Waals surface area contributed by atoms with E-state index in [-0.39, 0.29) is 0 Å². The van der Waals surface area contributed by atoms with Gasteiger partial charge in [-0.25, -0.2) is 0 Å². The van der Waals surface area contributed by atoms with Crippen molar-refractivity contribution in [3.05, 3.63) is 47.5 Å². The average Bonchev–Trinajstić information content (AvgIpc) is 2.25. The molecule has 0 amide bonds. The normalized spacial score (nSPS) is 13.4. The van der Waals surface area contributed by atoms with E-state index in [1.54, 1.807) is 0 Å². The molecule has 0 aliphatic heterocycles. The first-order valence-electron chi connectivity index (χ1n) is 5.48. The molecule has 1 unspecified atom stereocenters. The van der Waals surface area contributed by atoms with Crippen molar-refractivity contribution in [3.63, 3.8) is 0 Å². The van der Waals surface area contributed by atoms with Crippen molar-refractivity contribution in [2.75, 3.05) is 0 Å². The minimum Gasteiger partial charge on any atom is -0.0916 e. The smallest absolute Gasteiger partial charge is 0.0153 e. The molecule has 0 heteroatoms. The van der Waals surface area contributed by atoms with E-state index in [4.69, 9.17) is 0 Å². The summed E-state index contributed by atoms with van der Waals surface area (Å²) >= 11 is 0. The van der Waals surface area contributed by atoms with E-state index in [2.05, 4.69) is 57.2 Å². The molecular weight excluding hydrogens is 168 g/mol. The lowest BCUT2D eigenvalue weighted by molar-refractivity contribution is 0.766. The molecule has 1 rings (SSSR count). The van der Waals surface area contributed by atoms with Crippen LogP contribution in [-0.4, -0.2) is 0 Å². The van der Waals surface area contributed by atoms with Crippen LogP contribution in [0.4, 0.5) is 0 Å². The summed E-state index contributed by atoms with van der Waals surface area (Å²) in [4.78, 5) is 0. The number of benzene rings is 1. The highest BCUT2D eigenvalue weighted by Gasteiger charge is 2.06. The highest BCUT2D eigenvalue weighted by Crippen LogP contribution is 2.23. The lowest BCUT2D eigenvalue weighted by Gasteiger charge is -2.13. The number of hydrogen-bond donors (Lipinski definition) is 0. The van der Waals surface area contributed by atoms with Crippen LogP contribution in [0.15, 0.2) is 36.4 Å². The molecule has 0 radical (unpaired) electrons. The fraction of sp³-hybridized carbons (Fsp3) is 0.429. The second-order valence-corrected chi connectivity index (χ2v) is 3.76. The van der Waals surface area contributed by atoms with E-state index in [9.17, 15) is 0 Å². The van der Waals surface area contributed by atoms with Gasteiger partial charge in [0.25, 0.3) is 0 Å². The van der Waals surface area contributed by atoms with Crippen LogP contribution in [0.2, 0.25) is 0 Å². The van der Waals surface area contributed by atoms with E-state index >= 15 is 0 Å². The van der Waals surface area contributed by atoms with Crippen molar-refractivity contribution < 1.29 is 0 Å². The van der Waals surface area contributed by atoms with Crippen molar-refractivity contribution in [3.8, 4) is 0 Å². The molecule has 0 spiro atoms. The van der Waals surface area contributed by atoms with Gasteiger partial charge in [0.05, 0.1) is 0 Å². The van der Waals surface area contributed by atoms with E-state index in [1.807, 2.05) is 0 Å². The van der Waals surface area contributed by atoms with Gasteiger partial charge in [-0.1, -0.05) is 50.3 Å². The first-order valence-corrected chi connectivity index (χ1v) is 5.48. The molecule has 1 aromatic carbocycles. The molecular formula is C14H20. The molecule has 0 fully saturated rings. The maximum Gasteiger partial charge on any atom is -0.0153 e. The predicted molar refractivity (Wildman–Crippen MR) is 63.7 cm³/mol. The topological polar surface area (TPSA) is 0 Å². The van der Waals surface area contributed by atoms with Crippen LogP contribution in [0.3, 0.4) is 0 Å². The summed E-state index contributed by atoms with van der Waals surface area (Å²) in [6, 6.07) is 8.76. The summed E-state index contributed by atoms with van der Waals surface area (Å²) in [6.07, 6.45) is 6.66. The fourth-order valence-corrected chi connectivity index (χ4v) is 1.80. The Morgan fingerprint density at radius 3 is 2.64 bits per heavy atom. The maximum atomic E-state index is 2.30. The first-order chi connectivity index (χ1) is 6.79. The molecule has 0 saturated carbocycles. The van der Waals surface area contributed by atoms with Crippen molar-refractivity contribution in [1.82, 2.24) is 0 Å². The third-order valence-electron chi connectivity index (χ3n) is 2.69. The molecule has 0 N–H and O–H groups in total. The Hall–Kier alpha value is -1.04. The third kappa shape index (κ3) is 2.73. The van der Waals surface area contributed by atoms with Crippen molar-refractivity contribution in [2.24, 2.45) is 0 Å². The minimum absolute atomic E-state index is 0.641. The quantitative estimate of drug-likeness (QED) is 0.617. The highest BCUT2D eigenvalue weighted by molar-refractivity contribution is 5.30. The molecule has 0 aliphatic carbocycles. The maximum absolute atomic E-state index is 2.30. The second kappa shape index (κ2) is 5.64. The number of rotatable bonds is 4. The van der Waals surface area contributed by atoms with Crippen LogP contribution in [0.5, 0.6) is 0 Å². The van der Waals surface area contributed by atoms with Crippen LogP contribution in [0, 0.1) is 0 Å². The summed E-state index contributed by atoms with van der Waals surface area (Å²) < 4.78 is 0. The number of hydrogen-bond acceptors (Lipinski definition) is 0. The van der Waals surface area contributed by atoms with Gasteiger partial charge in [-0.3, -0.25) is 0 Å². The monoisotopic (exact) mass is 188 g/mol. The summed E-state index contributed by atoms with van der Waals surface area (Å²) in [5.74, 6) is 0.641. The Kier molecular flexibility index (Phi) is 4.45. The van der Waals surface area contributed by atoms with E-state index in [0.717, 1.165) is 12.8 Å². The molecule has 0 nitrogen and oxygen atoms in total. The highest BCUT2D eigenvalue weighted by atomic mass is 14.1. The average molecular weight is 188 g/mol. The molecule has 1 aromatic rings. The van der Waals surface area contributed by atoms with Gasteiger partial charge in [0.1, 0.15) is 0 Å². The molecule has 1 atom stereocenters. The van der Waals surface area contributed by atoms with Crippen LogP contribution in [-0.2, 0) is 6.42 Å². The Morgan fingerprint density at radius 2 is 2.00 bits per heavy atom. The first kappa shape index (κ1) is 11.0. The zero-order chi connectivity index (χ0) is 10.4. The van der Waals surface area contributed by atoms with Gasteiger partial charge in [-0.05, 0) is 36.8 Å². The SMILES string of the molecule is C/C=C/CC(C)c1ccccc1CC. The second-order valence-electron chi connectivity index (χ2n) is 3.76. The minimum atomic E-state index is 0.641. The lowest BCUT2D eigenvalue weighted by Crippen LogP contribution is -1.97. The van der Waals surface area contributed by atoms with Gasteiger partial charge < -0.3 is 0 Å². The van der Waals surface area contributed by atoms with Gasteiger partial charge in [0.2, 0.25) is 0 Å². The van der Waals surface area contributed by atoms with Crippen molar-refractivity contribution in [1.29, 1.82) is 0 Å². The zero-order valence-electron chi connectivity index (χ0n) is 9.46. The zero-order valence-corrected chi connectivity index (χ0v) is 9.46. The lowest BCUT2D eigenvalue weighted by atomic mass is 9.92. The molecule has 0 heterocycles. The number of aryl methyl sites for hydroxylation is 1. The van der Waals surface area contributed by atoms with Gasteiger partial charge in [-0.15, -0.1) is 0 Å². The van der Waals surface area contributed by atoms with Gasteiger partial charge in [0.15, 0.2) is 0 Å². The molecule has 76 valence electrons. The van der Waals surface area contributed by atoms with Gasteiger partial charge in [0, 0.05) is 0 Å². The van der Waals surface area contributed by atoms with Crippen LogP contribution in [0.25, 0.3) is 0 Å². The molecule has 0 aliphatic rings. The van der Waals surface area contributed by atoms with E-state index < -0.39 is 0 Å². The van der Waals surface area contributed by atoms with Gasteiger partial charge >= 0.3 is 0 Å². The van der Waals surface area contributed by atoms with Crippen LogP contribution in [0.1, 0.15) is 44.2 Å². The predicted octanol–water partition coefficient (Wildman–Crippen LogP) is 4.32. The fourth-order valence-electron chi connectivity index (χ4n) is 1.80. The number of allylic oxidation sites excluding steroid dienone is 2. The summed E-state index contributed by atoms with van der Waals surface area (Å²) in [6.45, 7) is 6.61. The van der Waals surface area contributed by atoms with Gasteiger partial charge in [-0.2, -0.15) is 0 Å². The van der Waals surface area contributed by atoms with E-state index in [0.29, 0.717) is 5.92 Å². The van der Waals surface area contributed by atoms with Crippen molar-refractivity contribution >= 4 is 0 Å². The molecule has 0 aromatic heterocycles. The van der Waals surface area contributed by atoms with Crippen molar-refractivity contribution in [2.45, 2.75) is 39.5 Å².